The number of aliphatic hydroxyl groups is 1. The Labute approximate surface area is 98.1 Å². The van der Waals surface area contributed by atoms with Crippen LogP contribution in [0.15, 0.2) is 0 Å². The molecule has 0 aromatic carbocycles. The van der Waals surface area contributed by atoms with E-state index in [0.29, 0.717) is 13.0 Å². The summed E-state index contributed by atoms with van der Waals surface area (Å²) in [6, 6.07) is 0. The van der Waals surface area contributed by atoms with E-state index in [4.69, 9.17) is 9.47 Å². The number of hydrogen-bond donors (Lipinski definition) is 1. The first-order valence-corrected chi connectivity index (χ1v) is 6.01. The normalized spacial score (nSPS) is 25.6. The summed E-state index contributed by atoms with van der Waals surface area (Å²) in [5.41, 5.74) is 0. The van der Waals surface area contributed by atoms with E-state index in [-0.39, 0.29) is 6.10 Å². The van der Waals surface area contributed by atoms with Gasteiger partial charge in [0.05, 0.1) is 12.7 Å². The fourth-order valence-electron chi connectivity index (χ4n) is 1.72. The molecule has 0 bridgehead atoms. The molecule has 92 valence electrons. The topological polar surface area (TPSA) is 38.7 Å². The highest BCUT2D eigenvalue weighted by atomic mass is 16.7. The third kappa shape index (κ3) is 4.98. The van der Waals surface area contributed by atoms with Crippen molar-refractivity contribution in [3.05, 3.63) is 0 Å². The molecular weight excluding hydrogens is 204 g/mol. The molecule has 1 fully saturated rings. The Morgan fingerprint density at radius 3 is 2.88 bits per heavy atom. The van der Waals surface area contributed by atoms with Crippen LogP contribution in [-0.2, 0) is 9.47 Å². The van der Waals surface area contributed by atoms with Gasteiger partial charge in [0.2, 0.25) is 0 Å². The second kappa shape index (κ2) is 6.24. The van der Waals surface area contributed by atoms with Crippen molar-refractivity contribution >= 4 is 0 Å². The Morgan fingerprint density at radius 1 is 1.50 bits per heavy atom. The van der Waals surface area contributed by atoms with Gasteiger partial charge in [0.25, 0.3) is 0 Å². The van der Waals surface area contributed by atoms with Gasteiger partial charge in [-0.05, 0) is 26.7 Å². The van der Waals surface area contributed by atoms with Crippen LogP contribution in [0, 0.1) is 11.8 Å². The monoisotopic (exact) mass is 226 g/mol. The third-order valence-corrected chi connectivity index (χ3v) is 2.47. The molecule has 1 saturated heterocycles. The molecule has 3 nitrogen and oxygen atoms in total. The lowest BCUT2D eigenvalue weighted by atomic mass is 10.1. The van der Waals surface area contributed by atoms with Gasteiger partial charge in [0, 0.05) is 12.8 Å². The van der Waals surface area contributed by atoms with E-state index in [1.165, 1.54) is 0 Å². The summed E-state index contributed by atoms with van der Waals surface area (Å²) < 4.78 is 11.1. The van der Waals surface area contributed by atoms with Crippen LogP contribution in [0.3, 0.4) is 0 Å². The van der Waals surface area contributed by atoms with E-state index in [9.17, 15) is 5.11 Å². The van der Waals surface area contributed by atoms with Gasteiger partial charge in [0.1, 0.15) is 6.10 Å². The van der Waals surface area contributed by atoms with E-state index < -0.39 is 11.9 Å². The standard InChI is InChI=1S/C13H22O3/c1-4-5-6-7-11(14)10-12-8-9-15-13(2,3)16-12/h11-12,14H,4-5,8-10H2,1-3H3/t11-,12+/m1/s1. The maximum atomic E-state index is 9.70. The molecule has 0 aromatic heterocycles. The summed E-state index contributed by atoms with van der Waals surface area (Å²) in [5, 5.41) is 9.70. The molecule has 0 radical (unpaired) electrons. The zero-order valence-electron chi connectivity index (χ0n) is 10.5. The molecule has 2 atom stereocenters. The lowest BCUT2D eigenvalue weighted by Crippen LogP contribution is -2.40. The summed E-state index contributed by atoms with van der Waals surface area (Å²) in [7, 11) is 0. The quantitative estimate of drug-likeness (QED) is 0.749. The Balaban J connectivity index is 2.34. The Bertz CT molecular complexity index is 262. The molecule has 1 N–H and O–H groups in total. The van der Waals surface area contributed by atoms with Crippen LogP contribution in [0.5, 0.6) is 0 Å². The first-order chi connectivity index (χ1) is 7.53. The summed E-state index contributed by atoms with van der Waals surface area (Å²) >= 11 is 0. The van der Waals surface area contributed by atoms with Crippen molar-refractivity contribution in [3.63, 3.8) is 0 Å². The summed E-state index contributed by atoms with van der Waals surface area (Å²) in [6.07, 6.45) is 2.75. The highest BCUT2D eigenvalue weighted by Gasteiger charge is 2.30. The molecule has 1 rings (SSSR count). The van der Waals surface area contributed by atoms with Crippen LogP contribution in [0.2, 0.25) is 0 Å². The first-order valence-electron chi connectivity index (χ1n) is 6.01. The second-order valence-electron chi connectivity index (χ2n) is 4.60. The van der Waals surface area contributed by atoms with Crippen LogP contribution < -0.4 is 0 Å². The van der Waals surface area contributed by atoms with E-state index in [1.54, 1.807) is 0 Å². The minimum Gasteiger partial charge on any atom is -0.380 e. The molecule has 0 saturated carbocycles. The van der Waals surface area contributed by atoms with Gasteiger partial charge < -0.3 is 14.6 Å². The lowest BCUT2D eigenvalue weighted by Gasteiger charge is -2.36. The highest BCUT2D eigenvalue weighted by Crippen LogP contribution is 2.24. The molecule has 1 aliphatic heterocycles. The van der Waals surface area contributed by atoms with Crippen molar-refractivity contribution in [2.75, 3.05) is 6.61 Å². The van der Waals surface area contributed by atoms with E-state index in [0.717, 1.165) is 19.3 Å². The van der Waals surface area contributed by atoms with Crippen LogP contribution in [0.4, 0.5) is 0 Å². The Morgan fingerprint density at radius 2 is 2.25 bits per heavy atom. The minimum atomic E-state index is -0.578. The van der Waals surface area contributed by atoms with Gasteiger partial charge in [-0.25, -0.2) is 0 Å². The maximum Gasteiger partial charge on any atom is 0.163 e. The third-order valence-electron chi connectivity index (χ3n) is 2.47. The molecule has 0 amide bonds. The number of rotatable bonds is 3. The number of aliphatic hydroxyl groups excluding tert-OH is 1. The fourth-order valence-corrected chi connectivity index (χ4v) is 1.72. The van der Waals surface area contributed by atoms with E-state index in [2.05, 4.69) is 18.8 Å². The van der Waals surface area contributed by atoms with Gasteiger partial charge in [-0.2, -0.15) is 0 Å². The molecule has 16 heavy (non-hydrogen) atoms. The molecule has 1 heterocycles. The first kappa shape index (κ1) is 13.5. The zero-order chi connectivity index (χ0) is 12.0. The molecule has 3 heteroatoms. The number of hydrogen-bond acceptors (Lipinski definition) is 3. The van der Waals surface area contributed by atoms with Crippen molar-refractivity contribution in [2.45, 2.75) is 64.4 Å². The van der Waals surface area contributed by atoms with Crippen molar-refractivity contribution in [2.24, 2.45) is 0 Å². The molecule has 0 unspecified atom stereocenters. The highest BCUT2D eigenvalue weighted by molar-refractivity contribution is 5.04. The van der Waals surface area contributed by atoms with E-state index in [1.807, 2.05) is 13.8 Å². The van der Waals surface area contributed by atoms with Crippen molar-refractivity contribution in [3.8, 4) is 11.8 Å². The van der Waals surface area contributed by atoms with Crippen LogP contribution in [-0.4, -0.2) is 29.7 Å². The predicted octanol–water partition coefficient (Wildman–Crippen LogP) is 2.08. The Hall–Kier alpha value is -0.560. The van der Waals surface area contributed by atoms with Crippen molar-refractivity contribution < 1.29 is 14.6 Å². The zero-order valence-corrected chi connectivity index (χ0v) is 10.5. The molecule has 1 aliphatic rings. The smallest absolute Gasteiger partial charge is 0.163 e. The van der Waals surface area contributed by atoms with Gasteiger partial charge in [-0.15, -0.1) is 5.92 Å². The van der Waals surface area contributed by atoms with Crippen molar-refractivity contribution in [1.82, 2.24) is 0 Å². The summed E-state index contributed by atoms with van der Waals surface area (Å²) in [5.74, 6) is 5.27. The predicted molar refractivity (Wildman–Crippen MR) is 62.8 cm³/mol. The number of ether oxygens (including phenoxy) is 2. The van der Waals surface area contributed by atoms with Crippen LogP contribution >= 0.6 is 0 Å². The second-order valence-corrected chi connectivity index (χ2v) is 4.60. The van der Waals surface area contributed by atoms with E-state index >= 15 is 0 Å². The summed E-state index contributed by atoms with van der Waals surface area (Å²) in [6.45, 7) is 6.56. The van der Waals surface area contributed by atoms with Gasteiger partial charge in [-0.1, -0.05) is 12.8 Å². The van der Waals surface area contributed by atoms with Crippen LogP contribution in [0.25, 0.3) is 0 Å². The average molecular weight is 226 g/mol. The molecule has 0 aliphatic carbocycles. The SMILES string of the molecule is CCCC#C[C@@H](O)C[C@@H]1CCOC(C)(C)O1. The minimum absolute atomic E-state index is 0.0506. The van der Waals surface area contributed by atoms with Gasteiger partial charge >= 0.3 is 0 Å². The average Bonchev–Trinajstić information content (AvgIpc) is 2.16. The maximum absolute atomic E-state index is 9.70. The molecular formula is C13H22O3. The summed E-state index contributed by atoms with van der Waals surface area (Å²) in [4.78, 5) is 0. The van der Waals surface area contributed by atoms with Gasteiger partial charge in [-0.3, -0.25) is 0 Å². The van der Waals surface area contributed by atoms with Crippen LogP contribution in [0.1, 0.15) is 46.5 Å². The lowest BCUT2D eigenvalue weighted by molar-refractivity contribution is -0.275. The largest absolute Gasteiger partial charge is 0.380 e. The number of unbranched alkanes of at least 4 members (excludes halogenated alkanes) is 1. The molecule has 0 aromatic rings. The fraction of sp³-hybridized carbons (Fsp3) is 0.846. The molecule has 0 spiro atoms. The Kier molecular flexibility index (Phi) is 5.27. The van der Waals surface area contributed by atoms with Gasteiger partial charge in [0.15, 0.2) is 5.79 Å². The van der Waals surface area contributed by atoms with Crippen molar-refractivity contribution in [1.29, 1.82) is 0 Å².